The summed E-state index contributed by atoms with van der Waals surface area (Å²) < 4.78 is 0. The molecule has 0 aliphatic heterocycles. The van der Waals surface area contributed by atoms with Gasteiger partial charge in [0.05, 0.1) is 4.92 Å². The number of nitro benzene ring substituents is 1. The van der Waals surface area contributed by atoms with E-state index in [4.69, 9.17) is 0 Å². The maximum atomic E-state index is 12.3. The number of halogens is 1. The summed E-state index contributed by atoms with van der Waals surface area (Å²) in [5.74, 6) is -0.754. The molecule has 0 saturated heterocycles. The Balaban J connectivity index is 0.00000450. The van der Waals surface area contributed by atoms with Gasteiger partial charge in [-0.25, -0.2) is 4.98 Å². The van der Waals surface area contributed by atoms with Gasteiger partial charge in [0.15, 0.2) is 5.13 Å². The lowest BCUT2D eigenvalue weighted by molar-refractivity contribution is -0.384. The number of nitrogens with one attached hydrogen (secondary N) is 2. The van der Waals surface area contributed by atoms with Gasteiger partial charge < -0.3 is 5.32 Å². The first-order chi connectivity index (χ1) is 13.7. The number of aromatic nitrogens is 1. The minimum Gasteiger partial charge on any atom is -0.349 e. The number of rotatable bonds is 9. The molecule has 0 bridgehead atoms. The van der Waals surface area contributed by atoms with Gasteiger partial charge in [0.25, 0.3) is 17.5 Å². The van der Waals surface area contributed by atoms with E-state index in [1.807, 2.05) is 0 Å². The molecule has 30 heavy (non-hydrogen) atoms. The average Bonchev–Trinajstić information content (AvgIpc) is 3.13. The molecule has 2 rings (SSSR count). The van der Waals surface area contributed by atoms with Crippen LogP contribution in [0.25, 0.3) is 0 Å². The number of nitrogens with zero attached hydrogens (tertiary/aromatic N) is 3. The maximum Gasteiger partial charge on any atom is 0.270 e. The fourth-order valence-corrected chi connectivity index (χ4v) is 3.53. The van der Waals surface area contributed by atoms with Crippen molar-refractivity contribution in [2.75, 3.05) is 18.4 Å². The molecule has 1 heterocycles. The van der Waals surface area contributed by atoms with Crippen molar-refractivity contribution in [1.29, 1.82) is 0 Å². The van der Waals surface area contributed by atoms with E-state index in [9.17, 15) is 19.7 Å². The van der Waals surface area contributed by atoms with Crippen molar-refractivity contribution in [3.8, 4) is 0 Å². The molecule has 0 unspecified atom stereocenters. The first-order valence-electron chi connectivity index (χ1n) is 9.24. The molecule has 0 atom stereocenters. The summed E-state index contributed by atoms with van der Waals surface area (Å²) in [6.45, 7) is 9.68. The summed E-state index contributed by atoms with van der Waals surface area (Å²) in [6.07, 6.45) is 0. The molecule has 0 saturated carbocycles. The van der Waals surface area contributed by atoms with E-state index in [1.165, 1.54) is 24.3 Å². The Morgan fingerprint density at radius 3 is 2.27 bits per heavy atom. The van der Waals surface area contributed by atoms with Gasteiger partial charge in [-0.2, -0.15) is 0 Å². The average molecular weight is 456 g/mol. The van der Waals surface area contributed by atoms with Crippen LogP contribution in [0.15, 0.2) is 29.6 Å². The van der Waals surface area contributed by atoms with Gasteiger partial charge in [-0.05, 0) is 39.8 Å². The number of hydrogen-bond acceptors (Lipinski definition) is 7. The van der Waals surface area contributed by atoms with E-state index in [0.717, 1.165) is 17.9 Å². The molecule has 0 fully saturated rings. The zero-order valence-electron chi connectivity index (χ0n) is 17.2. The zero-order valence-corrected chi connectivity index (χ0v) is 18.9. The molecule has 1 aromatic heterocycles. The van der Waals surface area contributed by atoms with Crippen molar-refractivity contribution >= 4 is 46.4 Å². The van der Waals surface area contributed by atoms with Crippen LogP contribution in [0.1, 0.15) is 48.5 Å². The van der Waals surface area contributed by atoms with Gasteiger partial charge in [0, 0.05) is 48.2 Å². The highest BCUT2D eigenvalue weighted by Gasteiger charge is 2.16. The molecule has 2 N–H and O–H groups in total. The van der Waals surface area contributed by atoms with Gasteiger partial charge in [-0.15, -0.1) is 23.7 Å². The molecule has 1 aromatic carbocycles. The van der Waals surface area contributed by atoms with Gasteiger partial charge in [0.2, 0.25) is 0 Å². The highest BCUT2D eigenvalue weighted by molar-refractivity contribution is 7.14. The quantitative estimate of drug-likeness (QED) is 0.440. The van der Waals surface area contributed by atoms with Gasteiger partial charge in [-0.1, -0.05) is 0 Å². The summed E-state index contributed by atoms with van der Waals surface area (Å²) >= 11 is 1.14. The molecule has 9 nitrogen and oxygen atoms in total. The molecule has 0 aliphatic rings. The molecule has 0 aliphatic carbocycles. The van der Waals surface area contributed by atoms with E-state index in [0.29, 0.717) is 18.6 Å². The number of carbonyl (C=O) groups excluding carboxylic acids is 2. The van der Waals surface area contributed by atoms with Crippen LogP contribution in [-0.2, 0) is 0 Å². The smallest absolute Gasteiger partial charge is 0.270 e. The maximum absolute atomic E-state index is 12.3. The van der Waals surface area contributed by atoms with Crippen LogP contribution < -0.4 is 10.6 Å². The second-order valence-corrected chi connectivity index (χ2v) is 7.84. The number of non-ortho nitro benzene ring substituents is 1. The van der Waals surface area contributed by atoms with Crippen LogP contribution in [-0.4, -0.2) is 51.8 Å². The van der Waals surface area contributed by atoms with E-state index in [2.05, 4.69) is 48.2 Å². The number of thiazole rings is 1. The van der Waals surface area contributed by atoms with Crippen LogP contribution >= 0.6 is 23.7 Å². The molecule has 0 spiro atoms. The first kappa shape index (κ1) is 25.5. The van der Waals surface area contributed by atoms with E-state index < -0.39 is 10.8 Å². The van der Waals surface area contributed by atoms with Crippen molar-refractivity contribution in [3.05, 3.63) is 51.0 Å². The van der Waals surface area contributed by atoms with Crippen molar-refractivity contribution in [3.63, 3.8) is 0 Å². The van der Waals surface area contributed by atoms with Crippen LogP contribution in [0.2, 0.25) is 0 Å². The summed E-state index contributed by atoms with van der Waals surface area (Å²) in [5, 5.41) is 18.0. The van der Waals surface area contributed by atoms with Crippen molar-refractivity contribution in [2.45, 2.75) is 39.8 Å². The van der Waals surface area contributed by atoms with Crippen molar-refractivity contribution < 1.29 is 14.5 Å². The Bertz CT molecular complexity index is 862. The minimum absolute atomic E-state index is 0. The molecule has 2 amide bonds. The minimum atomic E-state index is -0.533. The Labute approximate surface area is 185 Å². The molecular weight excluding hydrogens is 430 g/mol. The molecule has 164 valence electrons. The number of carbonyl (C=O) groups is 2. The monoisotopic (exact) mass is 455 g/mol. The Kier molecular flexibility index (Phi) is 9.83. The summed E-state index contributed by atoms with van der Waals surface area (Å²) in [7, 11) is 0. The predicted octanol–water partition coefficient (Wildman–Crippen LogP) is 3.57. The van der Waals surface area contributed by atoms with E-state index in [-0.39, 0.29) is 40.4 Å². The fourth-order valence-electron chi connectivity index (χ4n) is 2.84. The largest absolute Gasteiger partial charge is 0.349 e. The molecular formula is C19H26ClN5O4S. The Hall–Kier alpha value is -2.56. The van der Waals surface area contributed by atoms with E-state index in [1.54, 1.807) is 5.38 Å². The SMILES string of the molecule is CC(C)N(CCNC(=O)c1csc(NC(=O)c2ccc([N+](=O)[O-])cc2)n1)C(C)C.Cl. The lowest BCUT2D eigenvalue weighted by atomic mass is 10.2. The fraction of sp³-hybridized carbons (Fsp3) is 0.421. The third-order valence-electron chi connectivity index (χ3n) is 4.28. The first-order valence-corrected chi connectivity index (χ1v) is 10.1. The van der Waals surface area contributed by atoms with Gasteiger partial charge in [-0.3, -0.25) is 29.9 Å². The highest BCUT2D eigenvalue weighted by atomic mass is 35.5. The number of hydrogen-bond donors (Lipinski definition) is 2. The summed E-state index contributed by atoms with van der Waals surface area (Å²) in [4.78, 5) is 41.1. The van der Waals surface area contributed by atoms with Crippen molar-refractivity contribution in [1.82, 2.24) is 15.2 Å². The van der Waals surface area contributed by atoms with Gasteiger partial charge >= 0.3 is 0 Å². The topological polar surface area (TPSA) is 117 Å². The third-order valence-corrected chi connectivity index (χ3v) is 5.04. The highest BCUT2D eigenvalue weighted by Crippen LogP contribution is 2.18. The normalized spacial score (nSPS) is 10.8. The Morgan fingerprint density at radius 2 is 1.73 bits per heavy atom. The van der Waals surface area contributed by atoms with Gasteiger partial charge in [0.1, 0.15) is 5.69 Å². The summed E-state index contributed by atoms with van der Waals surface area (Å²) in [6, 6.07) is 6.01. The Morgan fingerprint density at radius 1 is 1.13 bits per heavy atom. The number of amides is 2. The number of anilines is 1. The molecule has 11 heteroatoms. The van der Waals surface area contributed by atoms with E-state index >= 15 is 0 Å². The number of nitro groups is 1. The second kappa shape index (κ2) is 11.6. The third kappa shape index (κ3) is 7.05. The van der Waals surface area contributed by atoms with Crippen LogP contribution in [0.5, 0.6) is 0 Å². The lowest BCUT2D eigenvalue weighted by Crippen LogP contribution is -2.42. The summed E-state index contributed by atoms with van der Waals surface area (Å²) in [5.41, 5.74) is 0.400. The lowest BCUT2D eigenvalue weighted by Gasteiger charge is -2.30. The zero-order chi connectivity index (χ0) is 21.6. The number of benzene rings is 1. The van der Waals surface area contributed by atoms with Crippen LogP contribution in [0, 0.1) is 10.1 Å². The van der Waals surface area contributed by atoms with Crippen LogP contribution in [0.4, 0.5) is 10.8 Å². The van der Waals surface area contributed by atoms with Crippen molar-refractivity contribution in [2.24, 2.45) is 0 Å². The van der Waals surface area contributed by atoms with Crippen LogP contribution in [0.3, 0.4) is 0 Å². The standard InChI is InChI=1S/C19H25N5O4S.ClH/c1-12(2)23(13(3)4)10-9-20-18(26)16-11-29-19(21-16)22-17(25)14-5-7-15(8-6-14)24(27)28;/h5-8,11-13H,9-10H2,1-4H3,(H,20,26)(H,21,22,25);1H. The molecule has 0 radical (unpaired) electrons. The predicted molar refractivity (Wildman–Crippen MR) is 120 cm³/mol. The molecule has 2 aromatic rings. The second-order valence-electron chi connectivity index (χ2n) is 6.98.